The summed E-state index contributed by atoms with van der Waals surface area (Å²) in [6.07, 6.45) is 4.15. The van der Waals surface area contributed by atoms with Crippen LogP contribution in [0.1, 0.15) is 48.3 Å². The van der Waals surface area contributed by atoms with E-state index in [2.05, 4.69) is 10.6 Å². The number of pyridine rings is 1. The lowest BCUT2D eigenvalue weighted by Gasteiger charge is -2.21. The number of fused-ring (bicyclic) bond motifs is 1. The van der Waals surface area contributed by atoms with Crippen LogP contribution < -0.4 is 10.6 Å². The average Bonchev–Trinajstić information content (AvgIpc) is 2.54. The van der Waals surface area contributed by atoms with Crippen LogP contribution in [0.3, 0.4) is 0 Å². The number of nitrogens with zero attached hydrogens (tertiary/aromatic N) is 1. The van der Waals surface area contributed by atoms with Gasteiger partial charge >= 0.3 is 0 Å². The molecule has 4 heteroatoms. The zero-order chi connectivity index (χ0) is 16.2. The van der Waals surface area contributed by atoms with Gasteiger partial charge in [0.1, 0.15) is 5.82 Å². The number of hydrogen-bond donors (Lipinski definition) is 2. The summed E-state index contributed by atoms with van der Waals surface area (Å²) >= 11 is 0. The van der Waals surface area contributed by atoms with Gasteiger partial charge in [0, 0.05) is 23.0 Å². The predicted octanol–water partition coefficient (Wildman–Crippen LogP) is 3.84. The van der Waals surface area contributed by atoms with Crippen molar-refractivity contribution in [3.63, 3.8) is 0 Å². The lowest BCUT2D eigenvalue weighted by Crippen LogP contribution is -2.31. The molecule has 1 aliphatic rings. The van der Waals surface area contributed by atoms with Gasteiger partial charge in [0.05, 0.1) is 0 Å². The van der Waals surface area contributed by atoms with Crippen molar-refractivity contribution < 1.29 is 4.79 Å². The second kappa shape index (κ2) is 6.82. The summed E-state index contributed by atoms with van der Waals surface area (Å²) in [5.41, 5.74) is 3.92. The number of rotatable bonds is 4. The number of carbonyl (C=O) groups excluding carboxylic acids is 1. The summed E-state index contributed by atoms with van der Waals surface area (Å²) < 4.78 is 0. The molecule has 0 aliphatic heterocycles. The van der Waals surface area contributed by atoms with E-state index in [4.69, 9.17) is 4.98 Å². The van der Waals surface area contributed by atoms with Gasteiger partial charge in [-0.2, -0.15) is 0 Å². The minimum Gasteiger partial charge on any atom is -0.350 e. The maximum atomic E-state index is 12.6. The van der Waals surface area contributed by atoms with Crippen LogP contribution in [0.25, 0.3) is 0 Å². The molecule has 0 bridgehead atoms. The minimum absolute atomic E-state index is 0.00309. The summed E-state index contributed by atoms with van der Waals surface area (Å²) in [6, 6.07) is 11.9. The standard InChI is InChI=1S/C19H23N3O/c1-13(2)20-19(23)16-12-18(21-14-8-4-3-5-9-14)22-17-11-7-6-10-15(16)17/h3-5,8-9,12-13H,6-7,10-11H2,1-2H3,(H,20,23)(H,21,22). The van der Waals surface area contributed by atoms with Crippen LogP contribution in [0.15, 0.2) is 36.4 Å². The Hall–Kier alpha value is -2.36. The number of aromatic nitrogens is 1. The molecule has 1 aliphatic carbocycles. The van der Waals surface area contributed by atoms with Gasteiger partial charge in [-0.25, -0.2) is 4.98 Å². The number of para-hydroxylation sites is 1. The molecular weight excluding hydrogens is 286 g/mol. The molecular formula is C19H23N3O. The largest absolute Gasteiger partial charge is 0.350 e. The molecule has 1 aromatic carbocycles. The zero-order valence-corrected chi connectivity index (χ0v) is 13.7. The Morgan fingerprint density at radius 3 is 2.61 bits per heavy atom. The van der Waals surface area contributed by atoms with Crippen LogP contribution in [0.4, 0.5) is 11.5 Å². The van der Waals surface area contributed by atoms with Crippen molar-refractivity contribution in [3.8, 4) is 0 Å². The third-order valence-corrected chi connectivity index (χ3v) is 4.01. The van der Waals surface area contributed by atoms with Crippen LogP contribution in [0.2, 0.25) is 0 Å². The van der Waals surface area contributed by atoms with Gasteiger partial charge in [-0.1, -0.05) is 18.2 Å². The van der Waals surface area contributed by atoms with E-state index in [9.17, 15) is 4.79 Å². The van der Waals surface area contributed by atoms with E-state index in [1.54, 1.807) is 0 Å². The van der Waals surface area contributed by atoms with Gasteiger partial charge in [-0.15, -0.1) is 0 Å². The maximum absolute atomic E-state index is 12.6. The summed E-state index contributed by atoms with van der Waals surface area (Å²) in [7, 11) is 0. The van der Waals surface area contributed by atoms with E-state index in [0.29, 0.717) is 0 Å². The van der Waals surface area contributed by atoms with Gasteiger partial charge < -0.3 is 10.6 Å². The van der Waals surface area contributed by atoms with E-state index in [0.717, 1.165) is 54.0 Å². The number of aryl methyl sites for hydroxylation is 1. The van der Waals surface area contributed by atoms with E-state index in [-0.39, 0.29) is 11.9 Å². The van der Waals surface area contributed by atoms with Crippen LogP contribution in [-0.2, 0) is 12.8 Å². The highest BCUT2D eigenvalue weighted by Gasteiger charge is 2.21. The van der Waals surface area contributed by atoms with Crippen LogP contribution >= 0.6 is 0 Å². The molecule has 0 saturated carbocycles. The van der Waals surface area contributed by atoms with Gasteiger partial charge in [-0.05, 0) is 63.3 Å². The molecule has 0 fully saturated rings. The first-order valence-electron chi connectivity index (χ1n) is 8.29. The maximum Gasteiger partial charge on any atom is 0.251 e. The second-order valence-electron chi connectivity index (χ2n) is 6.31. The molecule has 0 atom stereocenters. The van der Waals surface area contributed by atoms with Gasteiger partial charge in [0.2, 0.25) is 0 Å². The molecule has 1 heterocycles. The second-order valence-corrected chi connectivity index (χ2v) is 6.31. The van der Waals surface area contributed by atoms with Gasteiger partial charge in [0.25, 0.3) is 5.91 Å². The quantitative estimate of drug-likeness (QED) is 0.902. The monoisotopic (exact) mass is 309 g/mol. The molecule has 1 aromatic heterocycles. The van der Waals surface area contributed by atoms with Crippen LogP contribution in [0, 0.1) is 0 Å². The van der Waals surface area contributed by atoms with Crippen molar-refractivity contribution in [1.29, 1.82) is 0 Å². The molecule has 120 valence electrons. The summed E-state index contributed by atoms with van der Waals surface area (Å²) in [5, 5.41) is 6.32. The van der Waals surface area contributed by atoms with Crippen LogP contribution in [0.5, 0.6) is 0 Å². The number of nitrogens with one attached hydrogen (secondary N) is 2. The number of anilines is 2. The molecule has 0 unspecified atom stereocenters. The molecule has 0 radical (unpaired) electrons. The Morgan fingerprint density at radius 2 is 1.87 bits per heavy atom. The number of amides is 1. The predicted molar refractivity (Wildman–Crippen MR) is 93.2 cm³/mol. The normalized spacial score (nSPS) is 13.5. The first-order chi connectivity index (χ1) is 11.1. The lowest BCUT2D eigenvalue weighted by atomic mass is 9.91. The number of hydrogen-bond acceptors (Lipinski definition) is 3. The van der Waals surface area contributed by atoms with Crippen molar-refractivity contribution in [2.24, 2.45) is 0 Å². The minimum atomic E-state index is -0.00309. The Kier molecular flexibility index (Phi) is 4.60. The van der Waals surface area contributed by atoms with Gasteiger partial charge in [0.15, 0.2) is 0 Å². The highest BCUT2D eigenvalue weighted by atomic mass is 16.1. The van der Waals surface area contributed by atoms with E-state index >= 15 is 0 Å². The first kappa shape index (κ1) is 15.5. The molecule has 2 aromatic rings. The van der Waals surface area contributed by atoms with Crippen molar-refractivity contribution >= 4 is 17.4 Å². The topological polar surface area (TPSA) is 54.0 Å². The highest BCUT2D eigenvalue weighted by molar-refractivity contribution is 5.97. The summed E-state index contributed by atoms with van der Waals surface area (Å²) in [6.45, 7) is 3.96. The average molecular weight is 309 g/mol. The van der Waals surface area contributed by atoms with Gasteiger partial charge in [-0.3, -0.25) is 4.79 Å². The molecule has 0 saturated heterocycles. The zero-order valence-electron chi connectivity index (χ0n) is 13.7. The Morgan fingerprint density at radius 1 is 1.13 bits per heavy atom. The molecule has 23 heavy (non-hydrogen) atoms. The third kappa shape index (κ3) is 3.70. The fourth-order valence-electron chi connectivity index (χ4n) is 2.98. The fraction of sp³-hybridized carbons (Fsp3) is 0.368. The van der Waals surface area contributed by atoms with Crippen LogP contribution in [-0.4, -0.2) is 16.9 Å². The van der Waals surface area contributed by atoms with Crippen molar-refractivity contribution in [3.05, 3.63) is 53.2 Å². The van der Waals surface area contributed by atoms with Crippen molar-refractivity contribution in [2.75, 3.05) is 5.32 Å². The summed E-state index contributed by atoms with van der Waals surface area (Å²) in [4.78, 5) is 17.3. The highest BCUT2D eigenvalue weighted by Crippen LogP contribution is 2.27. The summed E-state index contributed by atoms with van der Waals surface area (Å²) in [5.74, 6) is 0.738. The molecule has 3 rings (SSSR count). The Balaban J connectivity index is 1.96. The lowest BCUT2D eigenvalue weighted by molar-refractivity contribution is 0.0941. The Labute approximate surface area is 137 Å². The van der Waals surface area contributed by atoms with Crippen molar-refractivity contribution in [2.45, 2.75) is 45.6 Å². The molecule has 4 nitrogen and oxygen atoms in total. The van der Waals surface area contributed by atoms with E-state index < -0.39 is 0 Å². The van der Waals surface area contributed by atoms with E-state index in [1.165, 1.54) is 0 Å². The number of carbonyl (C=O) groups is 1. The smallest absolute Gasteiger partial charge is 0.251 e. The fourth-order valence-corrected chi connectivity index (χ4v) is 2.98. The molecule has 2 N–H and O–H groups in total. The number of benzene rings is 1. The Bertz CT molecular complexity index is 695. The first-order valence-corrected chi connectivity index (χ1v) is 8.29. The van der Waals surface area contributed by atoms with E-state index in [1.807, 2.05) is 50.2 Å². The molecule has 0 spiro atoms. The molecule has 1 amide bonds. The SMILES string of the molecule is CC(C)NC(=O)c1cc(Nc2ccccc2)nc2c1CCCC2. The van der Waals surface area contributed by atoms with Crippen molar-refractivity contribution in [1.82, 2.24) is 10.3 Å². The third-order valence-electron chi connectivity index (χ3n) is 4.01.